The van der Waals surface area contributed by atoms with Gasteiger partial charge >= 0.3 is 0 Å². The highest BCUT2D eigenvalue weighted by atomic mass is 32.3. The van der Waals surface area contributed by atoms with Crippen LogP contribution in [-0.4, -0.2) is 9.16 Å². The predicted molar refractivity (Wildman–Crippen MR) is 43.4 cm³/mol. The average Bonchev–Trinajstić information content (AvgIpc) is 1.67. The second-order valence-corrected chi connectivity index (χ2v) is 5.37. The molecule has 0 aromatic carbocycles. The van der Waals surface area contributed by atoms with Crippen LogP contribution in [0.5, 0.6) is 0 Å². The first kappa shape index (κ1) is 6.81. The van der Waals surface area contributed by atoms with Gasteiger partial charge in [-0.1, -0.05) is 13.8 Å². The maximum absolute atomic E-state index is 2.28. The Hall–Kier alpha value is 0.700. The minimum absolute atomic E-state index is 0.639. The molecule has 1 aliphatic rings. The van der Waals surface area contributed by atoms with Crippen LogP contribution in [-0.2, 0) is 0 Å². The fraction of sp³-hybridized carbons (Fsp3) is 1.00. The largest absolute Gasteiger partial charge is 0.133 e. The first-order valence-electron chi connectivity index (χ1n) is 3.11. The number of hydrogen-bond acceptors (Lipinski definition) is 2. The summed E-state index contributed by atoms with van der Waals surface area (Å²) in [6.07, 6.45) is 2.66. The Labute approximate surface area is 59.8 Å². The summed E-state index contributed by atoms with van der Waals surface area (Å²) in [7, 11) is 0. The van der Waals surface area contributed by atoms with Crippen LogP contribution >= 0.6 is 23.5 Å². The fourth-order valence-electron chi connectivity index (χ4n) is 0.884. The Morgan fingerprint density at radius 2 is 1.75 bits per heavy atom. The molecular weight excluding hydrogens is 136 g/mol. The highest BCUT2D eigenvalue weighted by Gasteiger charge is 2.34. The lowest BCUT2D eigenvalue weighted by Crippen LogP contribution is -2.25. The van der Waals surface area contributed by atoms with Crippen LogP contribution in [0.25, 0.3) is 0 Å². The van der Waals surface area contributed by atoms with Gasteiger partial charge < -0.3 is 0 Å². The first-order valence-corrected chi connectivity index (χ1v) is 5.08. The van der Waals surface area contributed by atoms with Gasteiger partial charge in [-0.3, -0.25) is 0 Å². The van der Waals surface area contributed by atoms with Gasteiger partial charge in [0.2, 0.25) is 0 Å². The van der Waals surface area contributed by atoms with Gasteiger partial charge in [-0.05, 0) is 12.8 Å². The van der Waals surface area contributed by atoms with E-state index in [1.807, 2.05) is 0 Å². The second-order valence-electron chi connectivity index (χ2n) is 2.02. The molecule has 1 fully saturated rings. The Kier molecular flexibility index (Phi) is 2.15. The fourth-order valence-corrected chi connectivity index (χ4v) is 3.51. The van der Waals surface area contributed by atoms with Crippen molar-refractivity contribution in [2.24, 2.45) is 0 Å². The Bertz CT molecular complexity index is 63.1. The van der Waals surface area contributed by atoms with Gasteiger partial charge in [-0.15, -0.1) is 23.5 Å². The van der Waals surface area contributed by atoms with Gasteiger partial charge in [0.25, 0.3) is 0 Å². The van der Waals surface area contributed by atoms with Crippen molar-refractivity contribution >= 4 is 23.5 Å². The average molecular weight is 148 g/mol. The minimum Gasteiger partial charge on any atom is -0.133 e. The summed E-state index contributed by atoms with van der Waals surface area (Å²) in [4.78, 5) is 0. The molecule has 2 heteroatoms. The molecule has 0 radical (unpaired) electrons. The third-order valence-electron chi connectivity index (χ3n) is 1.72. The normalized spacial score (nSPS) is 24.8. The molecule has 1 aliphatic heterocycles. The molecule has 0 saturated carbocycles. The van der Waals surface area contributed by atoms with E-state index in [2.05, 4.69) is 37.4 Å². The van der Waals surface area contributed by atoms with E-state index in [0.29, 0.717) is 4.08 Å². The van der Waals surface area contributed by atoms with Crippen LogP contribution in [0, 0.1) is 0 Å². The van der Waals surface area contributed by atoms with Crippen molar-refractivity contribution in [2.45, 2.75) is 30.8 Å². The van der Waals surface area contributed by atoms with Crippen LogP contribution < -0.4 is 0 Å². The zero-order valence-corrected chi connectivity index (χ0v) is 7.07. The lowest BCUT2D eigenvalue weighted by atomic mass is 10.2. The number of rotatable bonds is 2. The van der Waals surface area contributed by atoms with Gasteiger partial charge in [-0.2, -0.15) is 0 Å². The third-order valence-corrected chi connectivity index (χ3v) is 5.58. The topological polar surface area (TPSA) is 0 Å². The molecule has 0 amide bonds. The molecule has 1 heterocycles. The molecule has 1 rings (SSSR count). The lowest BCUT2D eigenvalue weighted by molar-refractivity contribution is 0.733. The molecule has 0 aliphatic carbocycles. The van der Waals surface area contributed by atoms with E-state index in [0.717, 1.165) is 0 Å². The molecule has 0 N–H and O–H groups in total. The van der Waals surface area contributed by atoms with Crippen LogP contribution in [0.15, 0.2) is 0 Å². The molecule has 0 bridgehead atoms. The molecular formula is C6H12S2. The lowest BCUT2D eigenvalue weighted by Gasteiger charge is -2.38. The van der Waals surface area contributed by atoms with E-state index in [1.54, 1.807) is 0 Å². The third kappa shape index (κ3) is 1.01. The SMILES string of the molecule is CCC1(CC)SCS1. The van der Waals surface area contributed by atoms with Gasteiger partial charge in [0, 0.05) is 5.08 Å². The van der Waals surface area contributed by atoms with Crippen molar-refractivity contribution in [3.8, 4) is 0 Å². The summed E-state index contributed by atoms with van der Waals surface area (Å²) in [6.45, 7) is 4.56. The standard InChI is InChI=1S/C6H12S2/c1-3-6(4-2)7-5-8-6/h3-5H2,1-2H3. The summed E-state index contributed by atoms with van der Waals surface area (Å²) in [5, 5.41) is 1.32. The van der Waals surface area contributed by atoms with Crippen molar-refractivity contribution in [3.63, 3.8) is 0 Å². The van der Waals surface area contributed by atoms with Crippen LogP contribution in [0.2, 0.25) is 0 Å². The zero-order chi connectivity index (χ0) is 6.04. The molecule has 0 aromatic heterocycles. The molecule has 0 aromatic rings. The maximum atomic E-state index is 2.28. The quantitative estimate of drug-likeness (QED) is 0.590. The van der Waals surface area contributed by atoms with E-state index in [4.69, 9.17) is 0 Å². The van der Waals surface area contributed by atoms with Crippen LogP contribution in [0.4, 0.5) is 0 Å². The second kappa shape index (κ2) is 2.53. The van der Waals surface area contributed by atoms with E-state index in [9.17, 15) is 0 Å². The Morgan fingerprint density at radius 1 is 1.25 bits per heavy atom. The minimum atomic E-state index is 0.639. The number of hydrogen-bond donors (Lipinski definition) is 0. The summed E-state index contributed by atoms with van der Waals surface area (Å²) < 4.78 is 0.639. The van der Waals surface area contributed by atoms with Crippen molar-refractivity contribution in [3.05, 3.63) is 0 Å². The predicted octanol–water partition coefficient (Wildman–Crippen LogP) is 2.94. The zero-order valence-electron chi connectivity index (χ0n) is 5.44. The van der Waals surface area contributed by atoms with Gasteiger partial charge in [0.1, 0.15) is 0 Å². The van der Waals surface area contributed by atoms with E-state index in [-0.39, 0.29) is 0 Å². The van der Waals surface area contributed by atoms with Crippen LogP contribution in [0.3, 0.4) is 0 Å². The van der Waals surface area contributed by atoms with Crippen molar-refractivity contribution in [1.29, 1.82) is 0 Å². The van der Waals surface area contributed by atoms with Gasteiger partial charge in [0.05, 0.1) is 4.08 Å². The summed E-state index contributed by atoms with van der Waals surface area (Å²) in [6, 6.07) is 0. The highest BCUT2D eigenvalue weighted by Crippen LogP contribution is 2.54. The summed E-state index contributed by atoms with van der Waals surface area (Å²) in [5.41, 5.74) is 0. The molecule has 0 nitrogen and oxygen atoms in total. The first-order chi connectivity index (χ1) is 3.83. The Balaban J connectivity index is 2.33. The molecule has 0 unspecified atom stereocenters. The highest BCUT2D eigenvalue weighted by molar-refractivity contribution is 8.33. The van der Waals surface area contributed by atoms with E-state index in [1.165, 1.54) is 17.9 Å². The maximum Gasteiger partial charge on any atom is 0.0622 e. The molecule has 48 valence electrons. The van der Waals surface area contributed by atoms with Gasteiger partial charge in [-0.25, -0.2) is 0 Å². The van der Waals surface area contributed by atoms with E-state index < -0.39 is 0 Å². The van der Waals surface area contributed by atoms with Crippen molar-refractivity contribution < 1.29 is 0 Å². The smallest absolute Gasteiger partial charge is 0.0622 e. The summed E-state index contributed by atoms with van der Waals surface area (Å²) in [5.74, 6) is 0. The molecule has 0 spiro atoms. The molecule has 0 atom stereocenters. The summed E-state index contributed by atoms with van der Waals surface area (Å²) >= 11 is 4.23. The monoisotopic (exact) mass is 148 g/mol. The Morgan fingerprint density at radius 3 is 1.75 bits per heavy atom. The molecule has 1 saturated heterocycles. The van der Waals surface area contributed by atoms with Crippen molar-refractivity contribution in [2.75, 3.05) is 5.08 Å². The van der Waals surface area contributed by atoms with Gasteiger partial charge in [0.15, 0.2) is 0 Å². The number of thioether (sulfide) groups is 2. The van der Waals surface area contributed by atoms with E-state index >= 15 is 0 Å². The van der Waals surface area contributed by atoms with Crippen molar-refractivity contribution in [1.82, 2.24) is 0 Å². The molecule has 8 heavy (non-hydrogen) atoms. The van der Waals surface area contributed by atoms with Crippen LogP contribution in [0.1, 0.15) is 26.7 Å².